The Hall–Kier alpha value is -2.75. The molecule has 0 atom stereocenters. The molecule has 21 heavy (non-hydrogen) atoms. The number of rotatable bonds is 4. The zero-order chi connectivity index (χ0) is 15.4. The lowest BCUT2D eigenvalue weighted by Crippen LogP contribution is -2.36. The molecule has 0 aromatic heterocycles. The highest BCUT2D eigenvalue weighted by molar-refractivity contribution is 6.11. The van der Waals surface area contributed by atoms with Crippen LogP contribution in [0.4, 0.5) is 5.69 Å². The Labute approximate surface area is 123 Å². The van der Waals surface area contributed by atoms with Gasteiger partial charge >= 0.3 is 0 Å². The molecule has 2 rings (SSSR count). The number of benzene rings is 1. The summed E-state index contributed by atoms with van der Waals surface area (Å²) in [5.74, 6) is -0.196. The molecule has 0 spiro atoms. The van der Waals surface area contributed by atoms with Crippen molar-refractivity contribution >= 4 is 29.2 Å². The monoisotopic (exact) mass is 280 g/mol. The summed E-state index contributed by atoms with van der Waals surface area (Å²) in [5, 5.41) is 7.16. The van der Waals surface area contributed by atoms with E-state index in [0.717, 1.165) is 11.1 Å². The van der Waals surface area contributed by atoms with Gasteiger partial charge in [-0.05, 0) is 35.4 Å². The molecule has 106 valence electrons. The van der Waals surface area contributed by atoms with Gasteiger partial charge in [0.25, 0.3) is 0 Å². The Morgan fingerprint density at radius 1 is 1.29 bits per heavy atom. The van der Waals surface area contributed by atoms with Crippen LogP contribution in [0.5, 0.6) is 0 Å². The van der Waals surface area contributed by atoms with E-state index in [1.165, 1.54) is 12.3 Å². The highest BCUT2D eigenvalue weighted by Gasteiger charge is 2.26. The highest BCUT2D eigenvalue weighted by atomic mass is 16.2. The predicted molar refractivity (Wildman–Crippen MR) is 84.9 cm³/mol. The number of allylic oxidation sites excluding steroid dienone is 3. The minimum Gasteiger partial charge on any atom is -0.309 e. The molecule has 4 heteroatoms. The van der Waals surface area contributed by atoms with Gasteiger partial charge in [-0.1, -0.05) is 25.3 Å². The maximum Gasteiger partial charge on any atom is 0.250 e. The molecule has 1 aliphatic heterocycles. The Morgan fingerprint density at radius 2 is 2.05 bits per heavy atom. The zero-order valence-corrected chi connectivity index (χ0v) is 11.6. The lowest BCUT2D eigenvalue weighted by atomic mass is 9.95. The van der Waals surface area contributed by atoms with Gasteiger partial charge in [-0.15, -0.1) is 0 Å². The number of ketones is 1. The summed E-state index contributed by atoms with van der Waals surface area (Å²) in [5.41, 5.74) is 2.70. The Balaban J connectivity index is 2.58. The summed E-state index contributed by atoms with van der Waals surface area (Å²) in [6.45, 7) is 7.57. The lowest BCUT2D eigenvalue weighted by molar-refractivity contribution is -0.114. The van der Waals surface area contributed by atoms with E-state index in [1.54, 1.807) is 35.3 Å². The molecule has 0 fully saturated rings. The minimum absolute atomic E-state index is 0.0286. The van der Waals surface area contributed by atoms with Crippen molar-refractivity contribution in [2.45, 2.75) is 6.42 Å². The van der Waals surface area contributed by atoms with Gasteiger partial charge in [0.05, 0.1) is 5.69 Å². The molecule has 0 saturated heterocycles. The van der Waals surface area contributed by atoms with Crippen LogP contribution in [0.3, 0.4) is 0 Å². The van der Waals surface area contributed by atoms with Gasteiger partial charge in [-0.25, -0.2) is 0 Å². The molecular formula is C17H16N2O2. The molecular weight excluding hydrogens is 264 g/mol. The van der Waals surface area contributed by atoms with Gasteiger partial charge in [0, 0.05) is 24.7 Å². The quantitative estimate of drug-likeness (QED) is 0.523. The van der Waals surface area contributed by atoms with Crippen LogP contribution in [-0.2, 0) is 4.79 Å². The SMILES string of the molecule is C=CC(=O)N1CCC(=O)c2ccc(/C(C=C)=C/C=N)cc21. The molecule has 0 radical (unpaired) electrons. The van der Waals surface area contributed by atoms with Crippen molar-refractivity contribution in [3.8, 4) is 0 Å². The number of Topliss-reactive ketones (excluding diaryl/α,β-unsaturated/α-hetero) is 1. The summed E-state index contributed by atoms with van der Waals surface area (Å²) < 4.78 is 0. The van der Waals surface area contributed by atoms with Crippen molar-refractivity contribution in [1.82, 2.24) is 0 Å². The van der Waals surface area contributed by atoms with Crippen LogP contribution in [0.25, 0.3) is 5.57 Å². The molecule has 1 aliphatic rings. The Morgan fingerprint density at radius 3 is 2.67 bits per heavy atom. The molecule has 0 unspecified atom stereocenters. The fraction of sp³-hybridized carbons (Fsp3) is 0.118. The average molecular weight is 280 g/mol. The molecule has 0 bridgehead atoms. The van der Waals surface area contributed by atoms with E-state index in [4.69, 9.17) is 5.41 Å². The van der Waals surface area contributed by atoms with Gasteiger partial charge in [0.2, 0.25) is 5.91 Å². The second-order valence-electron chi connectivity index (χ2n) is 4.59. The fourth-order valence-electron chi connectivity index (χ4n) is 2.35. The Bertz CT molecular complexity index is 671. The topological polar surface area (TPSA) is 61.2 Å². The van der Waals surface area contributed by atoms with Crippen molar-refractivity contribution < 1.29 is 9.59 Å². The first-order valence-corrected chi connectivity index (χ1v) is 6.57. The van der Waals surface area contributed by atoms with Crippen LogP contribution in [-0.4, -0.2) is 24.4 Å². The lowest BCUT2D eigenvalue weighted by Gasteiger charge is -2.28. The molecule has 1 aromatic carbocycles. The van der Waals surface area contributed by atoms with E-state index in [0.29, 0.717) is 24.2 Å². The summed E-state index contributed by atoms with van der Waals surface area (Å²) in [6, 6.07) is 5.30. The van der Waals surface area contributed by atoms with Crippen molar-refractivity contribution in [3.05, 3.63) is 60.7 Å². The summed E-state index contributed by atoms with van der Waals surface area (Å²) in [4.78, 5) is 25.5. The van der Waals surface area contributed by atoms with E-state index >= 15 is 0 Å². The molecule has 0 aliphatic carbocycles. The molecule has 4 nitrogen and oxygen atoms in total. The number of fused-ring (bicyclic) bond motifs is 1. The summed E-state index contributed by atoms with van der Waals surface area (Å²) >= 11 is 0. The van der Waals surface area contributed by atoms with Crippen molar-refractivity contribution in [1.29, 1.82) is 5.41 Å². The second kappa shape index (κ2) is 6.13. The third kappa shape index (κ3) is 2.74. The molecule has 1 heterocycles. The maximum absolute atomic E-state index is 12.0. The maximum atomic E-state index is 12.0. The molecule has 1 N–H and O–H groups in total. The van der Waals surface area contributed by atoms with Crippen LogP contribution in [0.15, 0.2) is 49.6 Å². The molecule has 0 saturated carbocycles. The van der Waals surface area contributed by atoms with Crippen molar-refractivity contribution in [2.75, 3.05) is 11.4 Å². The summed E-state index contributed by atoms with van der Waals surface area (Å²) in [6.07, 6.45) is 5.98. The average Bonchev–Trinajstić information content (AvgIpc) is 2.52. The van der Waals surface area contributed by atoms with Crippen LogP contribution >= 0.6 is 0 Å². The third-order valence-electron chi connectivity index (χ3n) is 3.41. The summed E-state index contributed by atoms with van der Waals surface area (Å²) in [7, 11) is 0. The first-order valence-electron chi connectivity index (χ1n) is 6.57. The number of amides is 1. The fourth-order valence-corrected chi connectivity index (χ4v) is 2.35. The third-order valence-corrected chi connectivity index (χ3v) is 3.41. The Kier molecular flexibility index (Phi) is 4.28. The van der Waals surface area contributed by atoms with E-state index in [-0.39, 0.29) is 11.7 Å². The normalized spacial score (nSPS) is 14.4. The van der Waals surface area contributed by atoms with Crippen LogP contribution < -0.4 is 4.90 Å². The zero-order valence-electron chi connectivity index (χ0n) is 11.6. The van der Waals surface area contributed by atoms with E-state index in [1.807, 2.05) is 0 Å². The van der Waals surface area contributed by atoms with E-state index in [9.17, 15) is 9.59 Å². The molecule has 1 aromatic rings. The molecule has 1 amide bonds. The van der Waals surface area contributed by atoms with E-state index in [2.05, 4.69) is 13.2 Å². The predicted octanol–water partition coefficient (Wildman–Crippen LogP) is 3.01. The van der Waals surface area contributed by atoms with Crippen LogP contribution in [0.1, 0.15) is 22.3 Å². The van der Waals surface area contributed by atoms with Crippen LogP contribution in [0, 0.1) is 5.41 Å². The number of carbonyl (C=O) groups is 2. The van der Waals surface area contributed by atoms with Crippen LogP contribution in [0.2, 0.25) is 0 Å². The second-order valence-corrected chi connectivity index (χ2v) is 4.59. The minimum atomic E-state index is -0.225. The number of carbonyl (C=O) groups excluding carboxylic acids is 2. The number of hydrogen-bond acceptors (Lipinski definition) is 3. The number of anilines is 1. The highest BCUT2D eigenvalue weighted by Crippen LogP contribution is 2.31. The van der Waals surface area contributed by atoms with Gasteiger partial charge in [-0.2, -0.15) is 0 Å². The van der Waals surface area contributed by atoms with E-state index < -0.39 is 0 Å². The largest absolute Gasteiger partial charge is 0.309 e. The first kappa shape index (κ1) is 14.7. The van der Waals surface area contributed by atoms with Gasteiger partial charge < -0.3 is 10.3 Å². The van der Waals surface area contributed by atoms with Crippen molar-refractivity contribution in [3.63, 3.8) is 0 Å². The van der Waals surface area contributed by atoms with Gasteiger partial charge in [0.15, 0.2) is 5.78 Å². The first-order chi connectivity index (χ1) is 10.1. The number of nitrogens with one attached hydrogen (secondary N) is 1. The van der Waals surface area contributed by atoms with Gasteiger partial charge in [-0.3, -0.25) is 9.59 Å². The van der Waals surface area contributed by atoms with Crippen molar-refractivity contribution in [2.24, 2.45) is 0 Å². The number of hydrogen-bond donors (Lipinski definition) is 1. The number of nitrogens with zero attached hydrogens (tertiary/aromatic N) is 1. The smallest absolute Gasteiger partial charge is 0.250 e. The standard InChI is InChI=1S/C17H16N2O2/c1-3-12(7-9-18)13-5-6-14-15(11-13)19(17(21)4-2)10-8-16(14)20/h3-7,9,11,18H,1-2,8,10H2/b12-7+,18-9?. The van der Waals surface area contributed by atoms with Gasteiger partial charge in [0.1, 0.15) is 0 Å².